The lowest BCUT2D eigenvalue weighted by molar-refractivity contribution is -0.385. The summed E-state index contributed by atoms with van der Waals surface area (Å²) in [5.74, 6) is -0.697. The van der Waals surface area contributed by atoms with E-state index in [-0.39, 0.29) is 34.9 Å². The second-order valence-electron chi connectivity index (χ2n) is 6.49. The first-order valence-electron chi connectivity index (χ1n) is 8.96. The molecule has 2 aromatic carbocycles. The molecule has 0 aliphatic carbocycles. The Kier molecular flexibility index (Phi) is 5.81. The molecule has 1 atom stereocenters. The van der Waals surface area contributed by atoms with Crippen LogP contribution in [0.2, 0.25) is 0 Å². The van der Waals surface area contributed by atoms with Crippen LogP contribution >= 0.6 is 0 Å². The molecule has 0 spiro atoms. The number of hydrogen-bond acceptors (Lipinski definition) is 6. The van der Waals surface area contributed by atoms with E-state index in [0.29, 0.717) is 0 Å². The molecule has 29 heavy (non-hydrogen) atoms. The molecule has 1 aliphatic heterocycles. The van der Waals surface area contributed by atoms with Crippen LogP contribution in [0.1, 0.15) is 24.1 Å². The van der Waals surface area contributed by atoms with E-state index in [1.165, 1.54) is 36.4 Å². The first kappa shape index (κ1) is 20.7. The van der Waals surface area contributed by atoms with Gasteiger partial charge in [-0.3, -0.25) is 10.1 Å². The summed E-state index contributed by atoms with van der Waals surface area (Å²) in [6.45, 7) is 3.47. The average molecular weight is 416 g/mol. The van der Waals surface area contributed by atoms with Crippen molar-refractivity contribution < 1.29 is 22.9 Å². The molecular formula is C20H20N2O6S. The zero-order valence-corrected chi connectivity index (χ0v) is 16.8. The zero-order valence-electron chi connectivity index (χ0n) is 15.9. The lowest BCUT2D eigenvalue weighted by Crippen LogP contribution is -2.33. The second-order valence-corrected chi connectivity index (χ2v) is 8.38. The van der Waals surface area contributed by atoms with Gasteiger partial charge in [-0.05, 0) is 26.0 Å². The summed E-state index contributed by atoms with van der Waals surface area (Å²) >= 11 is 0. The Hall–Kier alpha value is -3.04. The Morgan fingerprint density at radius 3 is 2.48 bits per heavy atom. The minimum atomic E-state index is -4.03. The lowest BCUT2D eigenvalue weighted by Gasteiger charge is -2.26. The molecule has 9 heteroatoms. The second kappa shape index (κ2) is 8.14. The molecule has 152 valence electrons. The van der Waals surface area contributed by atoms with Gasteiger partial charge in [-0.15, -0.1) is 0 Å². The van der Waals surface area contributed by atoms with Crippen molar-refractivity contribution in [3.63, 3.8) is 0 Å². The molecule has 3 rings (SSSR count). The van der Waals surface area contributed by atoms with Gasteiger partial charge in [-0.25, -0.2) is 13.2 Å². The number of nitro benzene ring substituents is 1. The molecule has 2 aromatic rings. The fraction of sp³-hybridized carbons (Fsp3) is 0.250. The molecule has 1 aliphatic rings. The Balaban J connectivity index is 2.14. The van der Waals surface area contributed by atoms with Gasteiger partial charge < -0.3 is 4.74 Å². The van der Waals surface area contributed by atoms with E-state index in [2.05, 4.69) is 0 Å². The summed E-state index contributed by atoms with van der Waals surface area (Å²) in [4.78, 5) is 23.5. The van der Waals surface area contributed by atoms with Gasteiger partial charge in [0.15, 0.2) is 0 Å². The molecule has 0 saturated heterocycles. The van der Waals surface area contributed by atoms with Crippen molar-refractivity contribution in [2.45, 2.75) is 24.8 Å². The molecule has 0 fully saturated rings. The number of benzene rings is 2. The Labute approximate surface area is 168 Å². The molecule has 1 heterocycles. The minimum Gasteiger partial charge on any atom is -0.463 e. The van der Waals surface area contributed by atoms with Gasteiger partial charge in [0.25, 0.3) is 5.69 Å². The smallest absolute Gasteiger partial charge is 0.335 e. The molecule has 0 saturated carbocycles. The maximum absolute atomic E-state index is 13.3. The summed E-state index contributed by atoms with van der Waals surface area (Å²) in [5.41, 5.74) is 0.812. The molecule has 0 bridgehead atoms. The van der Waals surface area contributed by atoms with Crippen molar-refractivity contribution in [3.8, 4) is 0 Å². The first-order chi connectivity index (χ1) is 13.8. The average Bonchev–Trinajstić information content (AvgIpc) is 3.14. The normalized spacial score (nSPS) is 17.0. The van der Waals surface area contributed by atoms with Crippen LogP contribution in [-0.4, -0.2) is 36.8 Å². The van der Waals surface area contributed by atoms with E-state index in [4.69, 9.17) is 4.74 Å². The fourth-order valence-electron chi connectivity index (χ4n) is 3.26. The number of sulfonamides is 1. The maximum atomic E-state index is 13.3. The molecule has 1 unspecified atom stereocenters. The van der Waals surface area contributed by atoms with Crippen molar-refractivity contribution in [2.75, 3.05) is 13.2 Å². The largest absolute Gasteiger partial charge is 0.463 e. The van der Waals surface area contributed by atoms with Crippen LogP contribution in [0.15, 0.2) is 65.1 Å². The third kappa shape index (κ3) is 3.92. The fourth-order valence-corrected chi connectivity index (χ4v) is 4.79. The van der Waals surface area contributed by atoms with Crippen molar-refractivity contribution in [3.05, 3.63) is 81.4 Å². The number of aryl methyl sites for hydroxylation is 1. The summed E-state index contributed by atoms with van der Waals surface area (Å²) in [6.07, 6.45) is 1.45. The van der Waals surface area contributed by atoms with Crippen molar-refractivity contribution in [1.82, 2.24) is 4.31 Å². The van der Waals surface area contributed by atoms with E-state index >= 15 is 0 Å². The number of nitro groups is 1. The number of rotatable bonds is 6. The number of ether oxygens (including phenoxy) is 1. The summed E-state index contributed by atoms with van der Waals surface area (Å²) in [5, 5.41) is 11.5. The number of carbonyl (C=O) groups excluding carboxylic acids is 1. The van der Waals surface area contributed by atoms with E-state index in [0.717, 1.165) is 9.87 Å². The van der Waals surface area contributed by atoms with E-state index in [1.54, 1.807) is 25.1 Å². The first-order valence-corrected chi connectivity index (χ1v) is 10.4. The lowest BCUT2D eigenvalue weighted by atomic mass is 9.99. The third-order valence-electron chi connectivity index (χ3n) is 4.64. The van der Waals surface area contributed by atoms with Gasteiger partial charge in [0.1, 0.15) is 0 Å². The van der Waals surface area contributed by atoms with E-state index in [1.807, 2.05) is 6.92 Å². The molecule has 8 nitrogen and oxygen atoms in total. The predicted molar refractivity (Wildman–Crippen MR) is 106 cm³/mol. The van der Waals surface area contributed by atoms with Crippen LogP contribution < -0.4 is 0 Å². The maximum Gasteiger partial charge on any atom is 0.335 e. The van der Waals surface area contributed by atoms with Gasteiger partial charge >= 0.3 is 5.97 Å². The summed E-state index contributed by atoms with van der Waals surface area (Å²) in [7, 11) is -4.03. The van der Waals surface area contributed by atoms with E-state index in [9.17, 15) is 23.3 Å². The summed E-state index contributed by atoms with van der Waals surface area (Å²) < 4.78 is 32.8. The van der Waals surface area contributed by atoms with Gasteiger partial charge in [0.2, 0.25) is 10.0 Å². The molecule has 0 radical (unpaired) electrons. The highest BCUT2D eigenvalue weighted by atomic mass is 32.2. The van der Waals surface area contributed by atoms with Crippen molar-refractivity contribution in [2.24, 2.45) is 0 Å². The van der Waals surface area contributed by atoms with E-state index < -0.39 is 27.0 Å². The predicted octanol–water partition coefficient (Wildman–Crippen LogP) is 3.14. The number of carbonyl (C=O) groups is 1. The third-order valence-corrected chi connectivity index (χ3v) is 6.49. The highest BCUT2D eigenvalue weighted by Gasteiger charge is 2.43. The standard InChI is InChI=1S/C20H20N2O6S/c1-3-28-20(23)17-12-13-21(29(26,27)15-10-8-14(2)9-11-15)19(17)16-6-4-5-7-18(16)22(24)25/h4-12,19H,3,13H2,1-2H3. The Morgan fingerprint density at radius 1 is 1.21 bits per heavy atom. The van der Waals surface area contributed by atoms with Gasteiger partial charge in [-0.2, -0.15) is 4.31 Å². The molecule has 0 N–H and O–H groups in total. The highest BCUT2D eigenvalue weighted by Crippen LogP contribution is 2.41. The molecule has 0 aromatic heterocycles. The van der Waals surface area contributed by atoms with Gasteiger partial charge in [0, 0.05) is 12.6 Å². The van der Waals surface area contributed by atoms with Crippen LogP contribution in [0, 0.1) is 17.0 Å². The number of esters is 1. The van der Waals surface area contributed by atoms with Gasteiger partial charge in [0.05, 0.1) is 33.6 Å². The number of hydrogen-bond donors (Lipinski definition) is 0. The minimum absolute atomic E-state index is 0.0465. The number of para-hydroxylation sites is 1. The van der Waals surface area contributed by atoms with Crippen LogP contribution in [0.5, 0.6) is 0 Å². The Morgan fingerprint density at radius 2 is 1.86 bits per heavy atom. The van der Waals surface area contributed by atoms with Crippen LogP contribution in [0.3, 0.4) is 0 Å². The number of nitrogens with zero attached hydrogens (tertiary/aromatic N) is 2. The Bertz CT molecular complexity index is 1080. The quantitative estimate of drug-likeness (QED) is 0.407. The highest BCUT2D eigenvalue weighted by molar-refractivity contribution is 7.89. The van der Waals surface area contributed by atoms with Gasteiger partial charge in [-0.1, -0.05) is 42.0 Å². The monoisotopic (exact) mass is 416 g/mol. The SMILES string of the molecule is CCOC(=O)C1=CCN(S(=O)(=O)c2ccc(C)cc2)C1c1ccccc1[N+](=O)[O-]. The van der Waals surface area contributed by atoms with Crippen molar-refractivity contribution in [1.29, 1.82) is 0 Å². The van der Waals surface area contributed by atoms with Crippen LogP contribution in [0.4, 0.5) is 5.69 Å². The van der Waals surface area contributed by atoms with Crippen molar-refractivity contribution >= 4 is 21.7 Å². The molecular weight excluding hydrogens is 396 g/mol. The topological polar surface area (TPSA) is 107 Å². The van der Waals surface area contributed by atoms with Crippen LogP contribution in [-0.2, 0) is 19.6 Å². The van der Waals surface area contributed by atoms with Crippen LogP contribution in [0.25, 0.3) is 0 Å². The zero-order chi connectivity index (χ0) is 21.2. The molecule has 0 amide bonds. The summed E-state index contributed by atoms with van der Waals surface area (Å²) in [6, 6.07) is 10.9.